The van der Waals surface area contributed by atoms with Crippen LogP contribution in [0.15, 0.2) is 45.1 Å². The van der Waals surface area contributed by atoms with Gasteiger partial charge in [0, 0.05) is 18.5 Å². The zero-order valence-electron chi connectivity index (χ0n) is 72.7. The molecule has 32 nitrogen and oxygen atoms in total. The SMILES string of the molecule is CC/C(C)=C(\NC(=O)CNC(=O)C(C)(C)C(=O)[C@@H](C)CC(C)C)C(=O)N[C@@H](C)C(=O)N/C(C(=O)N[C@@H](C(=O)N[C@@H](C(=O)N[C@@H](C(=O)N[C@H](C(=O)N/C(C(=O)N[C@H](C)C(=O)N[C@@H](C(=O)N[C@H](C(=O)NC(C(=O)N[C@H](CN(C)C)C(C)C)=C(C)C)C(C)C)C(C)C)=C(\C)CC)C(C)(C)O)C(C)(C)O)[C@@H](C)CC)C(C)C)=C(/C)CC. The molecule has 0 unspecified atom stereocenters. The molecule has 11 atom stereocenters. The Morgan fingerprint density at radius 1 is 0.384 bits per heavy atom. The summed E-state index contributed by atoms with van der Waals surface area (Å²) in [6.07, 6.45) is 1.47. The summed E-state index contributed by atoms with van der Waals surface area (Å²) in [5.74, 6) is -15.1. The molecular weight excluding hydrogens is 1440 g/mol. The van der Waals surface area contributed by atoms with E-state index in [0.29, 0.717) is 29.7 Å². The van der Waals surface area contributed by atoms with Crippen LogP contribution in [0.1, 0.15) is 233 Å². The van der Waals surface area contributed by atoms with E-state index < -0.39 is 184 Å². The monoisotopic (exact) mass is 1580 g/mol. The Kier molecular flexibility index (Phi) is 42.6. The van der Waals surface area contributed by atoms with Gasteiger partial charge in [-0.15, -0.1) is 0 Å². The van der Waals surface area contributed by atoms with Crippen LogP contribution in [0.2, 0.25) is 0 Å². The third-order valence-electron chi connectivity index (χ3n) is 19.4. The molecular formula is C80H139N15O17. The van der Waals surface area contributed by atoms with Gasteiger partial charge in [-0.25, -0.2) is 0 Å². The maximum atomic E-state index is 14.6. The topological polar surface area (TPSA) is 468 Å². The van der Waals surface area contributed by atoms with Gasteiger partial charge < -0.3 is 89.5 Å². The maximum absolute atomic E-state index is 14.6. The van der Waals surface area contributed by atoms with Crippen molar-refractivity contribution in [3.8, 4) is 0 Å². The second kappa shape index (κ2) is 46.3. The van der Waals surface area contributed by atoms with E-state index in [-0.39, 0.29) is 77.7 Å². The normalized spacial score (nSPS) is 15.6. The van der Waals surface area contributed by atoms with Gasteiger partial charge in [0.1, 0.15) is 76.5 Å². The molecule has 112 heavy (non-hydrogen) atoms. The van der Waals surface area contributed by atoms with E-state index in [0.717, 1.165) is 0 Å². The number of hydrogen-bond donors (Lipinski definition) is 16. The third-order valence-corrected chi connectivity index (χ3v) is 19.4. The number of aliphatic hydroxyl groups is 2. The number of likely N-dealkylation sites (N-methyl/N-ethyl adjacent to an activating group) is 1. The Bertz CT molecular complexity index is 3500. The van der Waals surface area contributed by atoms with Crippen LogP contribution in [0.3, 0.4) is 0 Å². The van der Waals surface area contributed by atoms with E-state index in [1.54, 1.807) is 111 Å². The first-order chi connectivity index (χ1) is 51.3. The highest BCUT2D eigenvalue weighted by Gasteiger charge is 2.45. The molecule has 0 aromatic heterocycles. The Morgan fingerprint density at radius 3 is 1.14 bits per heavy atom. The van der Waals surface area contributed by atoms with Gasteiger partial charge >= 0.3 is 0 Å². The summed E-state index contributed by atoms with van der Waals surface area (Å²) in [5.41, 5.74) is -5.04. The van der Waals surface area contributed by atoms with E-state index in [1.807, 2.05) is 46.7 Å². The number of amides is 14. The number of nitrogens with zero attached hydrogens (tertiary/aromatic N) is 1. The summed E-state index contributed by atoms with van der Waals surface area (Å²) < 4.78 is 0. The first kappa shape index (κ1) is 103. The predicted octanol–water partition coefficient (Wildman–Crippen LogP) is 3.37. The molecule has 0 bridgehead atoms. The van der Waals surface area contributed by atoms with Crippen molar-refractivity contribution in [2.24, 2.45) is 46.8 Å². The first-order valence-electron chi connectivity index (χ1n) is 39.0. The largest absolute Gasteiger partial charge is 0.388 e. The van der Waals surface area contributed by atoms with E-state index >= 15 is 0 Å². The van der Waals surface area contributed by atoms with Gasteiger partial charge in [0.15, 0.2) is 5.78 Å². The van der Waals surface area contributed by atoms with E-state index in [9.17, 15) is 82.1 Å². The molecule has 0 saturated heterocycles. The summed E-state index contributed by atoms with van der Waals surface area (Å²) in [6, 6.07) is -12.2. The highest BCUT2D eigenvalue weighted by Crippen LogP contribution is 2.26. The lowest BCUT2D eigenvalue weighted by Crippen LogP contribution is -2.66. The van der Waals surface area contributed by atoms with Crippen molar-refractivity contribution in [2.75, 3.05) is 27.2 Å². The van der Waals surface area contributed by atoms with Crippen molar-refractivity contribution in [1.29, 1.82) is 0 Å². The van der Waals surface area contributed by atoms with Crippen molar-refractivity contribution in [3.05, 3.63) is 45.1 Å². The highest BCUT2D eigenvalue weighted by molar-refractivity contribution is 6.08. The summed E-state index contributed by atoms with van der Waals surface area (Å²) >= 11 is 0. The Labute approximate surface area is 664 Å². The molecule has 14 amide bonds. The molecule has 0 radical (unpaired) electrons. The molecule has 0 aliphatic carbocycles. The fourth-order valence-electron chi connectivity index (χ4n) is 11.3. The lowest BCUT2D eigenvalue weighted by Gasteiger charge is -2.35. The average molecular weight is 1580 g/mol. The van der Waals surface area contributed by atoms with Gasteiger partial charge in [-0.2, -0.15) is 0 Å². The molecule has 0 aliphatic heterocycles. The summed E-state index contributed by atoms with van der Waals surface area (Å²) in [4.78, 5) is 211. The summed E-state index contributed by atoms with van der Waals surface area (Å²) in [6.45, 7) is 46.1. The second-order valence-electron chi connectivity index (χ2n) is 33.3. The van der Waals surface area contributed by atoms with Gasteiger partial charge in [-0.05, 0) is 188 Å². The molecule has 0 rings (SSSR count). The maximum Gasteiger partial charge on any atom is 0.268 e. The lowest BCUT2D eigenvalue weighted by atomic mass is 9.78. The molecule has 0 spiro atoms. The van der Waals surface area contributed by atoms with Crippen LogP contribution in [0.25, 0.3) is 0 Å². The third kappa shape index (κ3) is 32.7. The van der Waals surface area contributed by atoms with Crippen molar-refractivity contribution >= 4 is 88.5 Å². The number of allylic oxidation sites excluding steroid dienone is 4. The molecule has 0 heterocycles. The number of hydrogen-bond acceptors (Lipinski definition) is 18. The Balaban J connectivity index is 6.77. The number of Topliss-reactive ketones (excluding diaryl/α,β-unsaturated/α-hetero) is 1. The van der Waals surface area contributed by atoms with Gasteiger partial charge in [0.05, 0.1) is 17.7 Å². The molecule has 636 valence electrons. The second-order valence-corrected chi connectivity index (χ2v) is 33.3. The Morgan fingerprint density at radius 2 is 0.741 bits per heavy atom. The van der Waals surface area contributed by atoms with Crippen molar-refractivity contribution in [3.63, 3.8) is 0 Å². The summed E-state index contributed by atoms with van der Waals surface area (Å²) in [7, 11) is 3.75. The number of ketones is 1. The quantitative estimate of drug-likeness (QED) is 0.0307. The molecule has 0 aromatic rings. The van der Waals surface area contributed by atoms with Crippen molar-refractivity contribution in [1.82, 2.24) is 79.3 Å². The van der Waals surface area contributed by atoms with Gasteiger partial charge in [0.2, 0.25) is 59.1 Å². The van der Waals surface area contributed by atoms with Gasteiger partial charge in [-0.3, -0.25) is 71.9 Å². The number of carbonyl (C=O) groups excluding carboxylic acids is 15. The zero-order chi connectivity index (χ0) is 87.4. The molecule has 16 N–H and O–H groups in total. The Hall–Kier alpha value is -8.91. The average Bonchev–Trinajstić information content (AvgIpc) is 0.820. The van der Waals surface area contributed by atoms with Crippen molar-refractivity contribution in [2.45, 2.75) is 298 Å². The van der Waals surface area contributed by atoms with Crippen LogP contribution < -0.4 is 74.4 Å². The molecule has 0 aromatic carbocycles. The zero-order valence-corrected chi connectivity index (χ0v) is 72.7. The lowest BCUT2D eigenvalue weighted by molar-refractivity contribution is -0.143. The molecule has 32 heteroatoms. The van der Waals surface area contributed by atoms with Crippen molar-refractivity contribution < 1.29 is 82.1 Å². The number of nitrogens with one attached hydrogen (secondary N) is 14. The molecule has 0 saturated carbocycles. The minimum Gasteiger partial charge on any atom is -0.388 e. The standard InChI is InChI=1S/C80H139N15O17/c1-32-45(17)58(85-53(96)37-81-77(110)78(24,25)64(97)49(21)36-39(5)6)71(104)82-51(23)66(99)90-60(47(19)34-3)73(106)89-57(44(15)16)70(103)91-61(48(20)35-4)74(107)93-63(80(28,29)112)76(109)94-62(79(26,27)111)75(108)92-59(46(18)33-2)72(105)83-50(22)65(98)86-55(42(11)12)68(101)88-56(43(13)14)69(102)87-54(41(9)10)67(100)84-52(40(7)8)38-95(30)31/h39-40,42-44,48-52,55-57,61-63,111-112H,32-38H2,1-31H3,(H,81,110)(H,82,104)(H,83,105)(H,84,100)(H,85,96)(H,86,98)(H,87,102)(H,88,101)(H,89,106)(H,90,99)(H,91,103)(H,92,108)(H,93,107)(H,94,109)/b58-45-,59-46+,60-47-/t48-,49-,50+,51-,52+,55+,56-,57+,61+,62+,63-/m0/s1. The fraction of sp³-hybridized carbons (Fsp3) is 0.713. The minimum absolute atomic E-state index is 0.0163. The van der Waals surface area contributed by atoms with Gasteiger partial charge in [-0.1, -0.05) is 117 Å². The van der Waals surface area contributed by atoms with Crippen LogP contribution in [0.5, 0.6) is 0 Å². The van der Waals surface area contributed by atoms with E-state index in [1.165, 1.54) is 62.3 Å². The van der Waals surface area contributed by atoms with Crippen LogP contribution >= 0.6 is 0 Å². The number of carbonyl (C=O) groups is 15. The van der Waals surface area contributed by atoms with Crippen LogP contribution in [-0.2, 0) is 71.9 Å². The van der Waals surface area contributed by atoms with Crippen LogP contribution in [-0.4, -0.2) is 196 Å². The first-order valence-corrected chi connectivity index (χ1v) is 39.0. The van der Waals surface area contributed by atoms with Crippen LogP contribution in [0.4, 0.5) is 0 Å². The predicted molar refractivity (Wildman–Crippen MR) is 429 cm³/mol. The van der Waals surface area contributed by atoms with Gasteiger partial charge in [0.25, 0.3) is 23.6 Å². The van der Waals surface area contributed by atoms with E-state index in [2.05, 4.69) is 74.4 Å². The number of rotatable bonds is 45. The summed E-state index contributed by atoms with van der Waals surface area (Å²) in [5, 5.41) is 59.4. The molecule has 0 aliphatic rings. The van der Waals surface area contributed by atoms with E-state index in [4.69, 9.17) is 0 Å². The molecule has 0 fully saturated rings. The highest BCUT2D eigenvalue weighted by atomic mass is 16.3. The minimum atomic E-state index is -2.14. The fourth-order valence-corrected chi connectivity index (χ4v) is 11.3. The smallest absolute Gasteiger partial charge is 0.268 e. The van der Waals surface area contributed by atoms with Crippen LogP contribution in [0, 0.1) is 46.8 Å².